The van der Waals surface area contributed by atoms with E-state index in [4.69, 9.17) is 5.73 Å². The average molecular weight is 460 g/mol. The van der Waals surface area contributed by atoms with Gasteiger partial charge in [-0.3, -0.25) is 9.59 Å². The number of rotatable bonds is 6. The Labute approximate surface area is 199 Å². The number of hydrogen-bond donors (Lipinski definition) is 2. The lowest BCUT2D eigenvalue weighted by atomic mass is 9.85. The first-order valence-corrected chi connectivity index (χ1v) is 10.5. The van der Waals surface area contributed by atoms with Crippen molar-refractivity contribution in [3.05, 3.63) is 125 Å². The van der Waals surface area contributed by atoms with Gasteiger partial charge in [0.05, 0.1) is 6.04 Å². The summed E-state index contributed by atoms with van der Waals surface area (Å²) in [5.74, 6) is -0.514. The molecule has 0 saturated carbocycles. The van der Waals surface area contributed by atoms with Crippen LogP contribution in [0.15, 0.2) is 108 Å². The van der Waals surface area contributed by atoms with Gasteiger partial charge >= 0.3 is 0 Å². The fraction of sp³-hybridized carbons (Fsp3) is 0.111. The molecule has 1 amide bonds. The van der Waals surface area contributed by atoms with Gasteiger partial charge in [0.25, 0.3) is 0 Å². The lowest BCUT2D eigenvalue weighted by molar-refractivity contribution is -0.117. The third-order valence-electron chi connectivity index (χ3n) is 5.55. The fourth-order valence-corrected chi connectivity index (χ4v) is 3.82. The Morgan fingerprint density at radius 1 is 0.788 bits per heavy atom. The molecule has 0 unspecified atom stereocenters. The largest absolute Gasteiger partial charge is 0.325 e. The molecule has 5 nitrogen and oxygen atoms in total. The van der Waals surface area contributed by atoms with Crippen LogP contribution in [-0.2, 0) is 11.8 Å². The highest BCUT2D eigenvalue weighted by molar-refractivity contribution is 5.96. The predicted octanol–water partition coefficient (Wildman–Crippen LogP) is 4.57. The molecule has 1 heterocycles. The standard InChI is InChI=1S/C27H25N3O2.ClH/c1-30-18-22(14-17-24(30)31)19-12-15-23(16-13-19)29-27(32)26(28)25(20-8-4-2-5-9-20)21-10-6-3-7-11-21;/h2-18,25-26H,28H2,1H3,(H,29,32);1H/t26-;/m0./s1. The van der Waals surface area contributed by atoms with E-state index < -0.39 is 6.04 Å². The zero-order valence-electron chi connectivity index (χ0n) is 18.2. The quantitative estimate of drug-likeness (QED) is 0.443. The predicted molar refractivity (Wildman–Crippen MR) is 136 cm³/mol. The smallest absolute Gasteiger partial charge is 0.250 e. The van der Waals surface area contributed by atoms with Gasteiger partial charge in [0, 0.05) is 30.9 Å². The molecule has 1 atom stereocenters. The summed E-state index contributed by atoms with van der Waals surface area (Å²) in [6.07, 6.45) is 1.79. The van der Waals surface area contributed by atoms with Gasteiger partial charge in [-0.05, 0) is 40.5 Å². The fourth-order valence-electron chi connectivity index (χ4n) is 3.82. The van der Waals surface area contributed by atoms with E-state index in [1.165, 1.54) is 10.6 Å². The number of halogens is 1. The summed E-state index contributed by atoms with van der Waals surface area (Å²) in [5, 5.41) is 2.94. The van der Waals surface area contributed by atoms with E-state index in [1.807, 2.05) is 84.9 Å². The van der Waals surface area contributed by atoms with Crippen molar-refractivity contribution < 1.29 is 4.79 Å². The lowest BCUT2D eigenvalue weighted by Gasteiger charge is -2.24. The summed E-state index contributed by atoms with van der Waals surface area (Å²) in [6.45, 7) is 0. The van der Waals surface area contributed by atoms with Crippen molar-refractivity contribution in [2.24, 2.45) is 12.8 Å². The van der Waals surface area contributed by atoms with E-state index in [9.17, 15) is 9.59 Å². The normalized spacial score (nSPS) is 11.5. The van der Waals surface area contributed by atoms with Gasteiger partial charge < -0.3 is 15.6 Å². The molecule has 0 radical (unpaired) electrons. The third kappa shape index (κ3) is 5.58. The first-order chi connectivity index (χ1) is 15.5. The van der Waals surface area contributed by atoms with Crippen LogP contribution >= 0.6 is 12.4 Å². The molecule has 0 fully saturated rings. The van der Waals surface area contributed by atoms with Crippen LogP contribution in [0.5, 0.6) is 0 Å². The highest BCUT2D eigenvalue weighted by Crippen LogP contribution is 2.28. The highest BCUT2D eigenvalue weighted by atomic mass is 35.5. The molecule has 0 aliphatic rings. The molecule has 4 rings (SSSR count). The number of anilines is 1. The van der Waals surface area contributed by atoms with Crippen LogP contribution in [0.3, 0.4) is 0 Å². The Morgan fingerprint density at radius 2 is 1.30 bits per heavy atom. The van der Waals surface area contributed by atoms with Gasteiger partial charge in [-0.2, -0.15) is 0 Å². The molecule has 6 heteroatoms. The SMILES string of the molecule is Cl.Cn1cc(-c2ccc(NC(=O)[C@@H](N)C(c3ccccc3)c3ccccc3)cc2)ccc1=O. The van der Waals surface area contributed by atoms with E-state index in [2.05, 4.69) is 5.32 Å². The number of nitrogens with one attached hydrogen (secondary N) is 1. The van der Waals surface area contributed by atoms with E-state index in [0.717, 1.165) is 22.3 Å². The van der Waals surface area contributed by atoms with Crippen molar-refractivity contribution >= 4 is 24.0 Å². The molecule has 0 aliphatic carbocycles. The van der Waals surface area contributed by atoms with Crippen LogP contribution in [0.1, 0.15) is 17.0 Å². The number of hydrogen-bond acceptors (Lipinski definition) is 3. The van der Waals surface area contributed by atoms with E-state index in [0.29, 0.717) is 5.69 Å². The topological polar surface area (TPSA) is 77.1 Å². The lowest BCUT2D eigenvalue weighted by Crippen LogP contribution is -2.41. The Balaban J connectivity index is 0.00000306. The summed E-state index contributed by atoms with van der Waals surface area (Å²) >= 11 is 0. The number of nitrogens with zero attached hydrogens (tertiary/aromatic N) is 1. The van der Waals surface area contributed by atoms with Gasteiger partial charge in [-0.25, -0.2) is 0 Å². The highest BCUT2D eigenvalue weighted by Gasteiger charge is 2.27. The Morgan fingerprint density at radius 3 is 1.82 bits per heavy atom. The van der Waals surface area contributed by atoms with E-state index in [1.54, 1.807) is 19.3 Å². The molecule has 33 heavy (non-hydrogen) atoms. The zero-order valence-corrected chi connectivity index (χ0v) is 19.0. The zero-order chi connectivity index (χ0) is 22.5. The van der Waals surface area contributed by atoms with Crippen LogP contribution in [0.2, 0.25) is 0 Å². The van der Waals surface area contributed by atoms with Gasteiger partial charge in [0.15, 0.2) is 0 Å². The molecule has 0 saturated heterocycles. The maximum atomic E-state index is 13.1. The minimum Gasteiger partial charge on any atom is -0.325 e. The number of amides is 1. The number of carbonyl (C=O) groups is 1. The number of pyridine rings is 1. The molecule has 3 N–H and O–H groups in total. The van der Waals surface area contributed by atoms with Crippen LogP contribution in [0.4, 0.5) is 5.69 Å². The van der Waals surface area contributed by atoms with Crippen LogP contribution < -0.4 is 16.6 Å². The van der Waals surface area contributed by atoms with Gasteiger partial charge in [0.2, 0.25) is 11.5 Å². The number of nitrogens with two attached hydrogens (primary N) is 1. The van der Waals surface area contributed by atoms with Crippen LogP contribution in [0, 0.1) is 0 Å². The molecule has 1 aromatic heterocycles. The maximum Gasteiger partial charge on any atom is 0.250 e. The second-order valence-corrected chi connectivity index (χ2v) is 7.76. The van der Waals surface area contributed by atoms with Crippen molar-refractivity contribution in [3.8, 4) is 11.1 Å². The molecule has 3 aromatic carbocycles. The Hall–Kier alpha value is -3.67. The molecule has 168 valence electrons. The van der Waals surface area contributed by atoms with E-state index >= 15 is 0 Å². The van der Waals surface area contributed by atoms with Crippen molar-refractivity contribution in [2.75, 3.05) is 5.32 Å². The first kappa shape index (κ1) is 24.0. The number of aryl methyl sites for hydroxylation is 1. The number of benzene rings is 3. The van der Waals surface area contributed by atoms with E-state index in [-0.39, 0.29) is 29.8 Å². The minimum absolute atomic E-state index is 0. The minimum atomic E-state index is -0.761. The summed E-state index contributed by atoms with van der Waals surface area (Å²) in [7, 11) is 1.72. The van der Waals surface area contributed by atoms with Crippen LogP contribution in [0.25, 0.3) is 11.1 Å². The van der Waals surface area contributed by atoms with Gasteiger partial charge in [0.1, 0.15) is 0 Å². The van der Waals surface area contributed by atoms with Gasteiger partial charge in [-0.15, -0.1) is 12.4 Å². The third-order valence-corrected chi connectivity index (χ3v) is 5.55. The first-order valence-electron chi connectivity index (χ1n) is 10.5. The summed E-state index contributed by atoms with van der Waals surface area (Å²) in [5.41, 5.74) is 11.0. The number of carbonyl (C=O) groups excluding carboxylic acids is 1. The average Bonchev–Trinajstić information content (AvgIpc) is 2.83. The second-order valence-electron chi connectivity index (χ2n) is 7.76. The maximum absolute atomic E-state index is 13.1. The molecular weight excluding hydrogens is 434 g/mol. The van der Waals surface area contributed by atoms with Crippen molar-refractivity contribution in [1.29, 1.82) is 0 Å². The molecule has 4 aromatic rings. The van der Waals surface area contributed by atoms with Gasteiger partial charge in [-0.1, -0.05) is 72.8 Å². The molecule has 0 spiro atoms. The summed E-state index contributed by atoms with van der Waals surface area (Å²) < 4.78 is 1.54. The second kappa shape index (κ2) is 10.8. The molecule has 0 bridgehead atoms. The molecule has 0 aliphatic heterocycles. The monoisotopic (exact) mass is 459 g/mol. The van der Waals surface area contributed by atoms with Crippen LogP contribution in [-0.4, -0.2) is 16.5 Å². The van der Waals surface area contributed by atoms with Crippen molar-refractivity contribution in [3.63, 3.8) is 0 Å². The number of aromatic nitrogens is 1. The molecular formula is C27H26ClN3O2. The van der Waals surface area contributed by atoms with Crippen molar-refractivity contribution in [2.45, 2.75) is 12.0 Å². The Bertz CT molecular complexity index is 1220. The summed E-state index contributed by atoms with van der Waals surface area (Å²) in [4.78, 5) is 24.7. The Kier molecular flexibility index (Phi) is 7.83. The summed E-state index contributed by atoms with van der Waals surface area (Å²) in [6, 6.07) is 29.7. The van der Waals surface area contributed by atoms with Crippen molar-refractivity contribution in [1.82, 2.24) is 4.57 Å².